The molecular weight excluding hydrogens is 268 g/mol. The Bertz CT molecular complexity index is 811. The van der Waals surface area contributed by atoms with Crippen LogP contribution in [0.15, 0.2) is 47.0 Å². The zero-order valence-corrected chi connectivity index (χ0v) is 11.1. The molecule has 0 saturated carbocycles. The fourth-order valence-electron chi connectivity index (χ4n) is 2.41. The molecule has 0 atom stereocenters. The maximum absolute atomic E-state index is 9.50. The van der Waals surface area contributed by atoms with Crippen LogP contribution in [0.4, 0.5) is 0 Å². The standard InChI is InChI=1S/C16H12N2O3/c19-14-3-1-2-10(7-14)15-17-16(21-18-15)11-4-5-12-8-20-9-13(12)6-11/h1-7,19H,8-9H2. The third-order valence-corrected chi connectivity index (χ3v) is 3.50. The lowest BCUT2D eigenvalue weighted by Crippen LogP contribution is -1.85. The summed E-state index contributed by atoms with van der Waals surface area (Å²) < 4.78 is 10.7. The van der Waals surface area contributed by atoms with Gasteiger partial charge in [-0.3, -0.25) is 0 Å². The summed E-state index contributed by atoms with van der Waals surface area (Å²) >= 11 is 0. The van der Waals surface area contributed by atoms with Gasteiger partial charge in [-0.25, -0.2) is 0 Å². The summed E-state index contributed by atoms with van der Waals surface area (Å²) in [6, 6.07) is 12.8. The molecule has 5 nitrogen and oxygen atoms in total. The summed E-state index contributed by atoms with van der Waals surface area (Å²) in [5.41, 5.74) is 3.95. The van der Waals surface area contributed by atoms with E-state index in [1.807, 2.05) is 24.3 Å². The number of ether oxygens (including phenoxy) is 1. The van der Waals surface area contributed by atoms with Crippen molar-refractivity contribution >= 4 is 0 Å². The molecule has 0 radical (unpaired) electrons. The summed E-state index contributed by atoms with van der Waals surface area (Å²) in [5.74, 6) is 1.09. The molecule has 5 heteroatoms. The summed E-state index contributed by atoms with van der Waals surface area (Å²) in [7, 11) is 0. The van der Waals surface area contributed by atoms with Gasteiger partial charge in [-0.1, -0.05) is 23.4 Å². The van der Waals surface area contributed by atoms with E-state index in [0.717, 1.165) is 16.7 Å². The third kappa shape index (κ3) is 2.17. The van der Waals surface area contributed by atoms with Crippen molar-refractivity contribution in [2.24, 2.45) is 0 Å². The normalized spacial score (nSPS) is 13.3. The number of phenolic OH excluding ortho intramolecular Hbond substituents is 1. The average molecular weight is 280 g/mol. The lowest BCUT2D eigenvalue weighted by Gasteiger charge is -1.98. The molecule has 0 bridgehead atoms. The van der Waals surface area contributed by atoms with E-state index in [1.54, 1.807) is 18.2 Å². The van der Waals surface area contributed by atoms with E-state index in [9.17, 15) is 5.11 Å². The van der Waals surface area contributed by atoms with Gasteiger partial charge >= 0.3 is 0 Å². The van der Waals surface area contributed by atoms with E-state index in [1.165, 1.54) is 5.56 Å². The van der Waals surface area contributed by atoms with E-state index >= 15 is 0 Å². The topological polar surface area (TPSA) is 68.4 Å². The van der Waals surface area contributed by atoms with E-state index in [2.05, 4.69) is 10.1 Å². The van der Waals surface area contributed by atoms with Crippen LogP contribution in [0, 0.1) is 0 Å². The zero-order chi connectivity index (χ0) is 14.2. The van der Waals surface area contributed by atoms with E-state index in [4.69, 9.17) is 9.26 Å². The number of phenols is 1. The highest BCUT2D eigenvalue weighted by molar-refractivity contribution is 5.62. The van der Waals surface area contributed by atoms with Gasteiger partial charge in [0, 0.05) is 11.1 Å². The fraction of sp³-hybridized carbons (Fsp3) is 0.125. The molecule has 0 aliphatic carbocycles. The first kappa shape index (κ1) is 12.1. The molecule has 3 aromatic rings. The monoisotopic (exact) mass is 280 g/mol. The molecule has 0 fully saturated rings. The Morgan fingerprint density at radius 1 is 0.952 bits per heavy atom. The minimum Gasteiger partial charge on any atom is -0.508 e. The molecule has 1 aliphatic rings. The Balaban J connectivity index is 1.71. The first-order valence-electron chi connectivity index (χ1n) is 6.62. The highest BCUT2D eigenvalue weighted by atomic mass is 16.5. The van der Waals surface area contributed by atoms with E-state index in [0.29, 0.717) is 24.9 Å². The van der Waals surface area contributed by atoms with Crippen LogP contribution < -0.4 is 0 Å². The minimum absolute atomic E-state index is 0.175. The SMILES string of the molecule is Oc1cccc(-c2noc(-c3ccc4c(c3)COC4)n2)c1. The number of benzene rings is 2. The Labute approximate surface area is 120 Å². The fourth-order valence-corrected chi connectivity index (χ4v) is 2.41. The molecular formula is C16H12N2O3. The molecule has 1 aromatic heterocycles. The highest BCUT2D eigenvalue weighted by Gasteiger charge is 2.15. The van der Waals surface area contributed by atoms with E-state index < -0.39 is 0 Å². The summed E-state index contributed by atoms with van der Waals surface area (Å²) in [4.78, 5) is 4.39. The van der Waals surface area contributed by atoms with Crippen LogP contribution in [-0.4, -0.2) is 15.2 Å². The van der Waals surface area contributed by atoms with Crippen LogP contribution in [0.3, 0.4) is 0 Å². The van der Waals surface area contributed by atoms with Crippen molar-refractivity contribution in [1.82, 2.24) is 10.1 Å². The van der Waals surface area contributed by atoms with Crippen molar-refractivity contribution in [3.05, 3.63) is 53.6 Å². The number of rotatable bonds is 2. The molecule has 21 heavy (non-hydrogen) atoms. The molecule has 2 heterocycles. The predicted molar refractivity (Wildman–Crippen MR) is 75.3 cm³/mol. The predicted octanol–water partition coefficient (Wildman–Crippen LogP) is 3.14. The number of hydrogen-bond donors (Lipinski definition) is 1. The number of hydrogen-bond acceptors (Lipinski definition) is 5. The maximum atomic E-state index is 9.50. The van der Waals surface area contributed by atoms with Crippen LogP contribution in [0.1, 0.15) is 11.1 Å². The van der Waals surface area contributed by atoms with Gasteiger partial charge in [-0.2, -0.15) is 4.98 Å². The molecule has 104 valence electrons. The molecule has 0 unspecified atom stereocenters. The maximum Gasteiger partial charge on any atom is 0.258 e. The summed E-state index contributed by atoms with van der Waals surface area (Å²) in [6.07, 6.45) is 0. The van der Waals surface area contributed by atoms with Gasteiger partial charge < -0.3 is 14.4 Å². The number of aromatic nitrogens is 2. The van der Waals surface area contributed by atoms with Crippen LogP contribution in [0.2, 0.25) is 0 Å². The summed E-state index contributed by atoms with van der Waals surface area (Å²) in [6.45, 7) is 1.28. The van der Waals surface area contributed by atoms with Crippen molar-refractivity contribution in [1.29, 1.82) is 0 Å². The van der Waals surface area contributed by atoms with Crippen LogP contribution >= 0.6 is 0 Å². The molecule has 2 aromatic carbocycles. The second-order valence-electron chi connectivity index (χ2n) is 4.95. The molecule has 1 aliphatic heterocycles. The molecule has 0 amide bonds. The highest BCUT2D eigenvalue weighted by Crippen LogP contribution is 2.28. The van der Waals surface area contributed by atoms with Gasteiger partial charge in [0.25, 0.3) is 5.89 Å². The van der Waals surface area contributed by atoms with Crippen molar-refractivity contribution < 1.29 is 14.4 Å². The number of nitrogens with zero attached hydrogens (tertiary/aromatic N) is 2. The largest absolute Gasteiger partial charge is 0.508 e. The van der Waals surface area contributed by atoms with Crippen molar-refractivity contribution in [3.63, 3.8) is 0 Å². The Morgan fingerprint density at radius 3 is 2.76 bits per heavy atom. The van der Waals surface area contributed by atoms with Gasteiger partial charge in [0.2, 0.25) is 5.82 Å². The Hall–Kier alpha value is -2.66. The van der Waals surface area contributed by atoms with Gasteiger partial charge in [-0.05, 0) is 35.4 Å². The van der Waals surface area contributed by atoms with Crippen molar-refractivity contribution in [2.75, 3.05) is 0 Å². The van der Waals surface area contributed by atoms with Crippen LogP contribution in [0.25, 0.3) is 22.8 Å². The zero-order valence-electron chi connectivity index (χ0n) is 11.1. The Kier molecular flexibility index (Phi) is 2.72. The molecule has 1 N–H and O–H groups in total. The Morgan fingerprint density at radius 2 is 1.86 bits per heavy atom. The third-order valence-electron chi connectivity index (χ3n) is 3.50. The first-order valence-corrected chi connectivity index (χ1v) is 6.62. The molecule has 0 spiro atoms. The molecule has 4 rings (SSSR count). The van der Waals surface area contributed by atoms with Crippen LogP contribution in [0.5, 0.6) is 5.75 Å². The first-order chi connectivity index (χ1) is 10.3. The minimum atomic E-state index is 0.175. The van der Waals surface area contributed by atoms with Gasteiger partial charge in [0.05, 0.1) is 13.2 Å². The average Bonchev–Trinajstić information content (AvgIpc) is 3.15. The summed E-state index contributed by atoms with van der Waals surface area (Å²) in [5, 5.41) is 13.5. The van der Waals surface area contributed by atoms with Gasteiger partial charge in [0.1, 0.15) is 5.75 Å². The van der Waals surface area contributed by atoms with Crippen LogP contribution in [-0.2, 0) is 18.0 Å². The number of fused-ring (bicyclic) bond motifs is 1. The second kappa shape index (κ2) is 4.71. The lowest BCUT2D eigenvalue weighted by atomic mass is 10.1. The van der Waals surface area contributed by atoms with Crippen molar-refractivity contribution in [3.8, 4) is 28.6 Å². The quantitative estimate of drug-likeness (QED) is 0.781. The van der Waals surface area contributed by atoms with Gasteiger partial charge in [0.15, 0.2) is 0 Å². The second-order valence-corrected chi connectivity index (χ2v) is 4.95. The van der Waals surface area contributed by atoms with Gasteiger partial charge in [-0.15, -0.1) is 0 Å². The smallest absolute Gasteiger partial charge is 0.258 e. The lowest BCUT2D eigenvalue weighted by molar-refractivity contribution is 0.134. The van der Waals surface area contributed by atoms with Crippen molar-refractivity contribution in [2.45, 2.75) is 13.2 Å². The van der Waals surface area contributed by atoms with E-state index in [-0.39, 0.29) is 5.75 Å². The molecule has 0 saturated heterocycles. The number of aromatic hydroxyl groups is 1.